The highest BCUT2D eigenvalue weighted by atomic mass is 35.5. The smallest absolute Gasteiger partial charge is 0.0935 e. The number of hydrogen-bond acceptors (Lipinski definition) is 1. The van der Waals surface area contributed by atoms with Crippen molar-refractivity contribution < 1.29 is 0 Å². The summed E-state index contributed by atoms with van der Waals surface area (Å²) < 4.78 is 0.742. The molecular formula is C6H4Cl2S. The molecule has 1 aromatic rings. The third-order valence-corrected chi connectivity index (χ3v) is 2.45. The molecule has 0 fully saturated rings. The number of hydrogen-bond donors (Lipinski definition) is 0. The van der Waals surface area contributed by atoms with Crippen LogP contribution in [0.4, 0.5) is 0 Å². The van der Waals surface area contributed by atoms with E-state index in [1.807, 2.05) is 6.07 Å². The normalized spacial score (nSPS) is 9.56. The van der Waals surface area contributed by atoms with Crippen molar-refractivity contribution in [1.29, 1.82) is 0 Å². The van der Waals surface area contributed by atoms with Crippen molar-refractivity contribution in [2.45, 2.75) is 0 Å². The SMILES string of the molecule is C=C(Cl)c1ccc(Cl)s1. The minimum Gasteiger partial charge on any atom is -0.122 e. The molecule has 0 N–H and O–H groups in total. The summed E-state index contributed by atoms with van der Waals surface area (Å²) in [5.74, 6) is 0. The predicted octanol–water partition coefficient (Wildman–Crippen LogP) is 3.61. The first kappa shape index (κ1) is 7.13. The van der Waals surface area contributed by atoms with E-state index in [-0.39, 0.29) is 0 Å². The fourth-order valence-corrected chi connectivity index (χ4v) is 1.54. The molecule has 0 spiro atoms. The van der Waals surface area contributed by atoms with Gasteiger partial charge in [0.15, 0.2) is 0 Å². The molecule has 0 saturated heterocycles. The van der Waals surface area contributed by atoms with Gasteiger partial charge in [-0.05, 0) is 12.1 Å². The second kappa shape index (κ2) is 2.74. The van der Waals surface area contributed by atoms with Crippen molar-refractivity contribution in [3.05, 3.63) is 27.9 Å². The van der Waals surface area contributed by atoms with Crippen LogP contribution in [0, 0.1) is 0 Å². The van der Waals surface area contributed by atoms with E-state index < -0.39 is 0 Å². The van der Waals surface area contributed by atoms with E-state index in [0.29, 0.717) is 5.03 Å². The Balaban J connectivity index is 2.98. The van der Waals surface area contributed by atoms with Gasteiger partial charge in [0.05, 0.1) is 9.37 Å². The lowest BCUT2D eigenvalue weighted by atomic mass is 10.5. The van der Waals surface area contributed by atoms with Crippen LogP contribution in [-0.4, -0.2) is 0 Å². The van der Waals surface area contributed by atoms with E-state index in [1.54, 1.807) is 6.07 Å². The molecule has 0 nitrogen and oxygen atoms in total. The van der Waals surface area contributed by atoms with Crippen LogP contribution < -0.4 is 0 Å². The van der Waals surface area contributed by atoms with Gasteiger partial charge in [-0.25, -0.2) is 0 Å². The Morgan fingerprint density at radius 3 is 2.44 bits per heavy atom. The van der Waals surface area contributed by atoms with E-state index in [2.05, 4.69) is 6.58 Å². The van der Waals surface area contributed by atoms with Gasteiger partial charge in [-0.1, -0.05) is 29.8 Å². The molecule has 1 rings (SSSR count). The number of rotatable bonds is 1. The molecule has 0 atom stereocenters. The lowest BCUT2D eigenvalue weighted by Crippen LogP contribution is -1.57. The van der Waals surface area contributed by atoms with E-state index in [9.17, 15) is 0 Å². The topological polar surface area (TPSA) is 0 Å². The van der Waals surface area contributed by atoms with Gasteiger partial charge in [-0.2, -0.15) is 0 Å². The first-order valence-corrected chi connectivity index (χ1v) is 3.87. The molecule has 48 valence electrons. The van der Waals surface area contributed by atoms with Gasteiger partial charge >= 0.3 is 0 Å². The molecular weight excluding hydrogens is 175 g/mol. The lowest BCUT2D eigenvalue weighted by molar-refractivity contribution is 1.95. The monoisotopic (exact) mass is 178 g/mol. The summed E-state index contributed by atoms with van der Waals surface area (Å²) in [5.41, 5.74) is 0. The van der Waals surface area contributed by atoms with E-state index in [0.717, 1.165) is 9.21 Å². The van der Waals surface area contributed by atoms with Crippen LogP contribution in [0.25, 0.3) is 5.03 Å². The number of halogens is 2. The number of thiophene rings is 1. The van der Waals surface area contributed by atoms with Crippen molar-refractivity contribution in [1.82, 2.24) is 0 Å². The molecule has 0 unspecified atom stereocenters. The summed E-state index contributed by atoms with van der Waals surface area (Å²) in [4.78, 5) is 0.932. The molecule has 0 saturated carbocycles. The van der Waals surface area contributed by atoms with Gasteiger partial charge < -0.3 is 0 Å². The molecule has 0 aliphatic carbocycles. The van der Waals surface area contributed by atoms with Crippen LogP contribution in [0.2, 0.25) is 4.34 Å². The van der Waals surface area contributed by atoms with E-state index in [4.69, 9.17) is 23.2 Å². The van der Waals surface area contributed by atoms with Crippen LogP contribution in [-0.2, 0) is 0 Å². The molecule has 1 aromatic heterocycles. The standard InChI is InChI=1S/C6H4Cl2S/c1-4(7)5-2-3-6(8)9-5/h2-3H,1H2. The average Bonchev–Trinajstić information content (AvgIpc) is 2.14. The maximum absolute atomic E-state index is 5.62. The second-order valence-corrected chi connectivity index (χ2v) is 3.68. The first-order chi connectivity index (χ1) is 4.20. The molecule has 0 aliphatic heterocycles. The molecule has 0 aromatic carbocycles. The first-order valence-electron chi connectivity index (χ1n) is 2.30. The zero-order valence-corrected chi connectivity index (χ0v) is 6.85. The predicted molar refractivity (Wildman–Crippen MR) is 44.2 cm³/mol. The Bertz CT molecular complexity index is 227. The Labute approximate surface area is 67.7 Å². The fourth-order valence-electron chi connectivity index (χ4n) is 0.460. The van der Waals surface area contributed by atoms with Crippen LogP contribution in [0.3, 0.4) is 0 Å². The van der Waals surface area contributed by atoms with E-state index in [1.165, 1.54) is 11.3 Å². The highest BCUT2D eigenvalue weighted by molar-refractivity contribution is 7.17. The summed E-state index contributed by atoms with van der Waals surface area (Å²) >= 11 is 12.6. The molecule has 0 amide bonds. The van der Waals surface area contributed by atoms with Gasteiger partial charge in [0, 0.05) is 4.88 Å². The molecule has 1 heterocycles. The van der Waals surface area contributed by atoms with Crippen molar-refractivity contribution in [3.8, 4) is 0 Å². The lowest BCUT2D eigenvalue weighted by Gasteiger charge is -1.84. The summed E-state index contributed by atoms with van der Waals surface area (Å²) in [5, 5.41) is 0.548. The second-order valence-electron chi connectivity index (χ2n) is 1.51. The molecule has 3 heteroatoms. The largest absolute Gasteiger partial charge is 0.122 e. The molecule has 0 aliphatic rings. The van der Waals surface area contributed by atoms with Crippen molar-refractivity contribution in [2.24, 2.45) is 0 Å². The summed E-state index contributed by atoms with van der Waals surface area (Å²) in [6.45, 7) is 3.56. The van der Waals surface area contributed by atoms with Gasteiger partial charge in [0.25, 0.3) is 0 Å². The zero-order valence-electron chi connectivity index (χ0n) is 4.53. The summed E-state index contributed by atoms with van der Waals surface area (Å²) in [7, 11) is 0. The van der Waals surface area contributed by atoms with Crippen LogP contribution in [0.1, 0.15) is 4.88 Å². The molecule has 0 radical (unpaired) electrons. The molecule has 0 bridgehead atoms. The maximum atomic E-state index is 5.62. The van der Waals surface area contributed by atoms with Crippen molar-refractivity contribution in [2.75, 3.05) is 0 Å². The van der Waals surface area contributed by atoms with Crippen LogP contribution >= 0.6 is 34.5 Å². The van der Waals surface area contributed by atoms with Gasteiger partial charge in [0.2, 0.25) is 0 Å². The third kappa shape index (κ3) is 1.71. The third-order valence-electron chi connectivity index (χ3n) is 0.841. The molecule has 9 heavy (non-hydrogen) atoms. The Hall–Kier alpha value is 0.0200. The Morgan fingerprint density at radius 1 is 1.56 bits per heavy atom. The minimum absolute atomic E-state index is 0.548. The maximum Gasteiger partial charge on any atom is 0.0935 e. The van der Waals surface area contributed by atoms with Crippen molar-refractivity contribution in [3.63, 3.8) is 0 Å². The highest BCUT2D eigenvalue weighted by Crippen LogP contribution is 2.28. The summed E-state index contributed by atoms with van der Waals surface area (Å²) in [6, 6.07) is 3.65. The summed E-state index contributed by atoms with van der Waals surface area (Å²) in [6.07, 6.45) is 0. The quantitative estimate of drug-likeness (QED) is 0.617. The van der Waals surface area contributed by atoms with Crippen LogP contribution in [0.15, 0.2) is 18.7 Å². The van der Waals surface area contributed by atoms with E-state index >= 15 is 0 Å². The van der Waals surface area contributed by atoms with Crippen molar-refractivity contribution >= 4 is 39.6 Å². The Kier molecular flexibility index (Phi) is 2.17. The average molecular weight is 179 g/mol. The minimum atomic E-state index is 0.548. The highest BCUT2D eigenvalue weighted by Gasteiger charge is 1.97. The van der Waals surface area contributed by atoms with Crippen LogP contribution in [0.5, 0.6) is 0 Å². The Morgan fingerprint density at radius 2 is 2.22 bits per heavy atom. The van der Waals surface area contributed by atoms with Gasteiger partial charge in [-0.3, -0.25) is 0 Å². The van der Waals surface area contributed by atoms with Gasteiger partial charge in [-0.15, -0.1) is 11.3 Å². The van der Waals surface area contributed by atoms with Gasteiger partial charge in [0.1, 0.15) is 0 Å². The zero-order chi connectivity index (χ0) is 6.85. The fraction of sp³-hybridized carbons (Fsp3) is 0.